The van der Waals surface area contributed by atoms with Gasteiger partial charge in [0.15, 0.2) is 6.61 Å². The van der Waals surface area contributed by atoms with Gasteiger partial charge in [-0.25, -0.2) is 9.18 Å². The zero-order chi connectivity index (χ0) is 18.8. The molecule has 3 aromatic rings. The second-order valence-electron chi connectivity index (χ2n) is 5.80. The van der Waals surface area contributed by atoms with Gasteiger partial charge < -0.3 is 14.5 Å². The van der Waals surface area contributed by atoms with Gasteiger partial charge in [0, 0.05) is 16.0 Å². The van der Waals surface area contributed by atoms with Crippen molar-refractivity contribution in [2.75, 3.05) is 11.9 Å². The third kappa shape index (κ3) is 3.70. The Hall–Kier alpha value is -2.86. The first kappa shape index (κ1) is 17.9. The summed E-state index contributed by atoms with van der Waals surface area (Å²) in [6.45, 7) is 2.86. The molecular formula is C19H15ClFNO4. The normalized spacial score (nSPS) is 10.8. The van der Waals surface area contributed by atoms with Crippen molar-refractivity contribution in [3.8, 4) is 0 Å². The second-order valence-corrected chi connectivity index (χ2v) is 6.24. The van der Waals surface area contributed by atoms with Crippen LogP contribution in [0, 0.1) is 19.7 Å². The summed E-state index contributed by atoms with van der Waals surface area (Å²) in [7, 11) is 0. The lowest BCUT2D eigenvalue weighted by molar-refractivity contribution is -0.119. The van der Waals surface area contributed by atoms with Crippen molar-refractivity contribution in [2.24, 2.45) is 0 Å². The molecule has 2 aromatic carbocycles. The Morgan fingerprint density at radius 1 is 1.19 bits per heavy atom. The van der Waals surface area contributed by atoms with Crippen molar-refractivity contribution >= 4 is 40.1 Å². The predicted molar refractivity (Wildman–Crippen MR) is 96.0 cm³/mol. The molecule has 0 fully saturated rings. The van der Waals surface area contributed by atoms with Crippen molar-refractivity contribution in [3.05, 3.63) is 64.1 Å². The summed E-state index contributed by atoms with van der Waals surface area (Å²) < 4.78 is 24.2. The zero-order valence-electron chi connectivity index (χ0n) is 14.1. The van der Waals surface area contributed by atoms with Crippen LogP contribution in [0.1, 0.15) is 21.7 Å². The van der Waals surface area contributed by atoms with Crippen LogP contribution < -0.4 is 5.32 Å². The first-order valence-corrected chi connectivity index (χ1v) is 8.14. The smallest absolute Gasteiger partial charge is 0.375 e. The monoisotopic (exact) mass is 375 g/mol. The van der Waals surface area contributed by atoms with Gasteiger partial charge in [0.1, 0.15) is 11.4 Å². The van der Waals surface area contributed by atoms with Crippen molar-refractivity contribution in [1.29, 1.82) is 0 Å². The molecule has 0 bridgehead atoms. The molecule has 1 aromatic heterocycles. The number of hydrogen-bond acceptors (Lipinski definition) is 4. The number of hydrogen-bond donors (Lipinski definition) is 1. The van der Waals surface area contributed by atoms with Crippen LogP contribution in [-0.2, 0) is 9.53 Å². The van der Waals surface area contributed by atoms with Gasteiger partial charge in [-0.3, -0.25) is 4.79 Å². The topological polar surface area (TPSA) is 68.5 Å². The van der Waals surface area contributed by atoms with E-state index in [-0.39, 0.29) is 11.4 Å². The maximum atomic E-state index is 13.7. The molecule has 3 rings (SSSR count). The third-order valence-electron chi connectivity index (χ3n) is 3.82. The highest BCUT2D eigenvalue weighted by atomic mass is 35.5. The molecule has 0 aliphatic rings. The van der Waals surface area contributed by atoms with Gasteiger partial charge in [0.05, 0.1) is 5.69 Å². The van der Waals surface area contributed by atoms with Crippen molar-refractivity contribution < 1.29 is 23.1 Å². The van der Waals surface area contributed by atoms with Gasteiger partial charge in [-0.05, 0) is 49.7 Å². The Kier molecular flexibility index (Phi) is 4.95. The summed E-state index contributed by atoms with van der Waals surface area (Å²) >= 11 is 5.94. The van der Waals surface area contributed by atoms with Crippen LogP contribution in [0.3, 0.4) is 0 Å². The zero-order valence-corrected chi connectivity index (χ0v) is 14.8. The number of fused-ring (bicyclic) bond motifs is 1. The largest absolute Gasteiger partial charge is 0.450 e. The minimum atomic E-state index is -0.783. The summed E-state index contributed by atoms with van der Waals surface area (Å²) in [6.07, 6.45) is 0. The Morgan fingerprint density at radius 3 is 2.69 bits per heavy atom. The quantitative estimate of drug-likeness (QED) is 0.674. The van der Waals surface area contributed by atoms with E-state index in [0.717, 1.165) is 5.56 Å². The lowest BCUT2D eigenvalue weighted by atomic mass is 10.1. The number of nitrogens with one attached hydrogen (secondary N) is 1. The number of carbonyl (C=O) groups is 2. The molecule has 5 nitrogen and oxygen atoms in total. The summed E-state index contributed by atoms with van der Waals surface area (Å²) in [4.78, 5) is 24.1. The second kappa shape index (κ2) is 7.17. The highest BCUT2D eigenvalue weighted by molar-refractivity contribution is 6.31. The van der Waals surface area contributed by atoms with Crippen LogP contribution in [0.2, 0.25) is 5.02 Å². The van der Waals surface area contributed by atoms with E-state index in [1.807, 2.05) is 0 Å². The van der Waals surface area contributed by atoms with Gasteiger partial charge in [0.25, 0.3) is 5.91 Å². The van der Waals surface area contributed by atoms with Crippen molar-refractivity contribution in [1.82, 2.24) is 0 Å². The molecule has 0 radical (unpaired) electrons. The fourth-order valence-electron chi connectivity index (χ4n) is 2.49. The Labute approximate surface area is 153 Å². The van der Waals surface area contributed by atoms with E-state index in [1.54, 1.807) is 38.1 Å². The van der Waals surface area contributed by atoms with E-state index in [0.29, 0.717) is 21.6 Å². The highest BCUT2D eigenvalue weighted by Gasteiger charge is 2.20. The molecule has 0 unspecified atom stereocenters. The number of halogens is 2. The molecule has 1 amide bonds. The summed E-state index contributed by atoms with van der Waals surface area (Å²) in [5.74, 6) is -2.00. The average molecular weight is 376 g/mol. The number of carbonyl (C=O) groups excluding carboxylic acids is 2. The predicted octanol–water partition coefficient (Wildman–Crippen LogP) is 4.64. The van der Waals surface area contributed by atoms with Crippen LogP contribution >= 0.6 is 11.6 Å². The molecule has 0 aliphatic carbocycles. The Bertz CT molecular complexity index is 1010. The number of aryl methyl sites for hydroxylation is 2. The van der Waals surface area contributed by atoms with Crippen LogP contribution in [0.25, 0.3) is 11.0 Å². The lowest BCUT2D eigenvalue weighted by Crippen LogP contribution is -2.21. The molecule has 134 valence electrons. The summed E-state index contributed by atoms with van der Waals surface area (Å²) in [6, 6.07) is 9.37. The number of esters is 1. The van der Waals surface area contributed by atoms with Gasteiger partial charge in [0.2, 0.25) is 5.76 Å². The van der Waals surface area contributed by atoms with Crippen LogP contribution in [-0.4, -0.2) is 18.5 Å². The number of rotatable bonds is 4. The van der Waals surface area contributed by atoms with E-state index < -0.39 is 24.3 Å². The van der Waals surface area contributed by atoms with Gasteiger partial charge in [-0.15, -0.1) is 0 Å². The number of benzene rings is 2. The molecule has 1 N–H and O–H groups in total. The minimum absolute atomic E-state index is 0.00316. The molecule has 1 heterocycles. The molecule has 7 heteroatoms. The number of furan rings is 1. The van der Waals surface area contributed by atoms with Gasteiger partial charge in [-0.1, -0.05) is 17.7 Å². The van der Waals surface area contributed by atoms with E-state index in [4.69, 9.17) is 20.8 Å². The van der Waals surface area contributed by atoms with E-state index >= 15 is 0 Å². The SMILES string of the molecule is Cc1ccc(NC(=O)COC(=O)c2oc3ccc(Cl)cc3c2C)c(F)c1. The fourth-order valence-corrected chi connectivity index (χ4v) is 2.66. The van der Waals surface area contributed by atoms with Crippen molar-refractivity contribution in [3.63, 3.8) is 0 Å². The number of ether oxygens (including phenoxy) is 1. The molecule has 0 spiro atoms. The molecule has 0 aliphatic heterocycles. The number of amides is 1. The van der Waals surface area contributed by atoms with Crippen LogP contribution in [0.15, 0.2) is 40.8 Å². The maximum Gasteiger partial charge on any atom is 0.375 e. The standard InChI is InChI=1S/C19H15ClFNO4/c1-10-3-5-15(14(21)7-10)22-17(23)9-25-19(24)18-11(2)13-8-12(20)4-6-16(13)26-18/h3-8H,9H2,1-2H3,(H,22,23). The van der Waals surface area contributed by atoms with Crippen LogP contribution in [0.5, 0.6) is 0 Å². The summed E-state index contributed by atoms with van der Waals surface area (Å²) in [5.41, 5.74) is 1.81. The van der Waals surface area contributed by atoms with E-state index in [9.17, 15) is 14.0 Å². The van der Waals surface area contributed by atoms with Gasteiger partial charge >= 0.3 is 5.97 Å². The fraction of sp³-hybridized carbons (Fsp3) is 0.158. The molecule has 0 atom stereocenters. The minimum Gasteiger partial charge on any atom is -0.450 e. The van der Waals surface area contributed by atoms with Crippen molar-refractivity contribution in [2.45, 2.75) is 13.8 Å². The lowest BCUT2D eigenvalue weighted by Gasteiger charge is -2.07. The maximum absolute atomic E-state index is 13.7. The number of anilines is 1. The molecule has 26 heavy (non-hydrogen) atoms. The molecular weight excluding hydrogens is 361 g/mol. The van der Waals surface area contributed by atoms with E-state index in [2.05, 4.69) is 5.32 Å². The first-order chi connectivity index (χ1) is 12.3. The van der Waals surface area contributed by atoms with Crippen LogP contribution in [0.4, 0.5) is 10.1 Å². The third-order valence-corrected chi connectivity index (χ3v) is 4.05. The van der Waals surface area contributed by atoms with E-state index in [1.165, 1.54) is 12.1 Å². The molecule has 0 saturated carbocycles. The Balaban J connectivity index is 1.67. The van der Waals surface area contributed by atoms with Gasteiger partial charge in [-0.2, -0.15) is 0 Å². The summed E-state index contributed by atoms with van der Waals surface area (Å²) in [5, 5.41) is 3.56. The Morgan fingerprint density at radius 2 is 1.96 bits per heavy atom. The average Bonchev–Trinajstić information content (AvgIpc) is 2.92. The highest BCUT2D eigenvalue weighted by Crippen LogP contribution is 2.28. The molecule has 0 saturated heterocycles. The first-order valence-electron chi connectivity index (χ1n) is 7.77.